The zero-order valence-corrected chi connectivity index (χ0v) is 17.6. The van der Waals surface area contributed by atoms with Crippen molar-refractivity contribution < 1.29 is 13.9 Å². The van der Waals surface area contributed by atoms with Gasteiger partial charge in [-0.1, -0.05) is 12.1 Å². The molecular weight excluding hydrogens is 369 g/mol. The van der Waals surface area contributed by atoms with Gasteiger partial charge < -0.3 is 14.5 Å². The van der Waals surface area contributed by atoms with Gasteiger partial charge in [-0.2, -0.15) is 0 Å². The quantitative estimate of drug-likeness (QED) is 0.703. The van der Waals surface area contributed by atoms with Crippen molar-refractivity contribution in [1.29, 1.82) is 0 Å². The van der Waals surface area contributed by atoms with Crippen LogP contribution in [0.25, 0.3) is 0 Å². The standard InChI is InChI=1S/C23H32FN3O2/c1-25(2)23(19-4-3-5-20(24)10-19)14-22(15-23)16-26(9-8-18-12-29-13-18)21(28)27(22)11-17-6-7-17/h3-5,10,17-18H,6-9,11-16H2,1-2H3/t22-,23+. The third kappa shape index (κ3) is 3.25. The van der Waals surface area contributed by atoms with E-state index in [1.165, 1.54) is 18.9 Å². The van der Waals surface area contributed by atoms with Crippen molar-refractivity contribution >= 4 is 6.03 Å². The third-order valence-electron chi connectivity index (χ3n) is 7.67. The van der Waals surface area contributed by atoms with Gasteiger partial charge in [-0.25, -0.2) is 9.18 Å². The van der Waals surface area contributed by atoms with Crippen LogP contribution in [-0.4, -0.2) is 73.2 Å². The van der Waals surface area contributed by atoms with E-state index < -0.39 is 0 Å². The highest BCUT2D eigenvalue weighted by Crippen LogP contribution is 2.57. The second-order valence-electron chi connectivity index (χ2n) is 9.96. The van der Waals surface area contributed by atoms with Crippen molar-refractivity contribution in [3.63, 3.8) is 0 Å². The molecule has 4 aliphatic rings. The summed E-state index contributed by atoms with van der Waals surface area (Å²) in [6.07, 6.45) is 5.25. The molecule has 0 atom stereocenters. The van der Waals surface area contributed by atoms with Crippen LogP contribution in [0.15, 0.2) is 24.3 Å². The van der Waals surface area contributed by atoms with Gasteiger partial charge in [0.1, 0.15) is 5.82 Å². The van der Waals surface area contributed by atoms with Crippen molar-refractivity contribution in [3.8, 4) is 0 Å². The maximum absolute atomic E-state index is 14.0. The molecule has 2 aliphatic carbocycles. The number of amides is 2. The summed E-state index contributed by atoms with van der Waals surface area (Å²) in [6.45, 7) is 4.18. The lowest BCUT2D eigenvalue weighted by Crippen LogP contribution is -2.67. The highest BCUT2D eigenvalue weighted by atomic mass is 19.1. The van der Waals surface area contributed by atoms with E-state index in [2.05, 4.69) is 28.8 Å². The van der Waals surface area contributed by atoms with Crippen molar-refractivity contribution in [2.24, 2.45) is 11.8 Å². The smallest absolute Gasteiger partial charge is 0.320 e. The van der Waals surface area contributed by atoms with Crippen molar-refractivity contribution in [2.75, 3.05) is 46.9 Å². The molecule has 158 valence electrons. The fourth-order valence-electron chi connectivity index (χ4n) is 5.57. The monoisotopic (exact) mass is 401 g/mol. The first-order valence-corrected chi connectivity index (χ1v) is 11.0. The van der Waals surface area contributed by atoms with Gasteiger partial charge in [0.05, 0.1) is 24.3 Å². The van der Waals surface area contributed by atoms with Crippen LogP contribution in [0.4, 0.5) is 9.18 Å². The van der Waals surface area contributed by atoms with Gasteiger partial charge in [0.15, 0.2) is 0 Å². The Morgan fingerprint density at radius 1 is 1.21 bits per heavy atom. The maximum atomic E-state index is 14.0. The van der Waals surface area contributed by atoms with E-state index in [9.17, 15) is 9.18 Å². The zero-order valence-electron chi connectivity index (χ0n) is 17.6. The van der Waals surface area contributed by atoms with E-state index in [1.807, 2.05) is 6.07 Å². The molecule has 0 unspecified atom stereocenters. The lowest BCUT2D eigenvalue weighted by atomic mass is 9.58. The molecule has 0 aromatic heterocycles. The lowest BCUT2D eigenvalue weighted by molar-refractivity contribution is -0.0715. The fraction of sp³-hybridized carbons (Fsp3) is 0.696. The molecule has 2 amide bonds. The van der Waals surface area contributed by atoms with Gasteiger partial charge in [0.2, 0.25) is 0 Å². The molecule has 1 aromatic carbocycles. The van der Waals surface area contributed by atoms with Gasteiger partial charge in [-0.3, -0.25) is 4.90 Å². The molecule has 2 saturated heterocycles. The van der Waals surface area contributed by atoms with Crippen LogP contribution >= 0.6 is 0 Å². The van der Waals surface area contributed by atoms with Crippen LogP contribution in [0.3, 0.4) is 0 Å². The van der Waals surface area contributed by atoms with Crippen LogP contribution < -0.4 is 0 Å². The highest BCUT2D eigenvalue weighted by Gasteiger charge is 2.64. The number of benzene rings is 1. The third-order valence-corrected chi connectivity index (χ3v) is 7.67. The molecule has 1 spiro atoms. The Morgan fingerprint density at radius 2 is 1.97 bits per heavy atom. The Labute approximate surface area is 172 Å². The molecule has 1 aromatic rings. The predicted octanol–water partition coefficient (Wildman–Crippen LogP) is 3.30. The van der Waals surface area contributed by atoms with Crippen molar-refractivity contribution in [3.05, 3.63) is 35.6 Å². The Morgan fingerprint density at radius 3 is 2.55 bits per heavy atom. The number of hydrogen-bond donors (Lipinski definition) is 0. The number of carbonyl (C=O) groups is 1. The Bertz CT molecular complexity index is 784. The van der Waals surface area contributed by atoms with E-state index in [0.717, 1.165) is 57.7 Å². The molecule has 4 fully saturated rings. The number of halogens is 1. The SMILES string of the molecule is CN(C)[C@]1(c2cccc(F)c2)C[C@@]2(CN(CCC3COC3)C(=O)N2CC2CC2)C1. The first-order valence-electron chi connectivity index (χ1n) is 11.0. The molecule has 2 aliphatic heterocycles. The maximum Gasteiger partial charge on any atom is 0.320 e. The summed E-state index contributed by atoms with van der Waals surface area (Å²) in [5.41, 5.74) is 0.700. The molecule has 2 heterocycles. The van der Waals surface area contributed by atoms with Gasteiger partial charge in [0, 0.05) is 25.6 Å². The average Bonchev–Trinajstić information content (AvgIpc) is 3.38. The molecule has 2 saturated carbocycles. The van der Waals surface area contributed by atoms with Gasteiger partial charge in [-0.05, 0) is 69.8 Å². The second kappa shape index (κ2) is 6.95. The molecule has 5 nitrogen and oxygen atoms in total. The van der Waals surface area contributed by atoms with Gasteiger partial charge in [0.25, 0.3) is 0 Å². The van der Waals surface area contributed by atoms with Crippen LogP contribution in [0.5, 0.6) is 0 Å². The largest absolute Gasteiger partial charge is 0.381 e. The normalized spacial score (nSPS) is 32.2. The highest BCUT2D eigenvalue weighted by molar-refractivity contribution is 5.79. The Hall–Kier alpha value is -1.66. The number of hydrogen-bond acceptors (Lipinski definition) is 3. The van der Waals surface area contributed by atoms with E-state index in [-0.39, 0.29) is 22.9 Å². The van der Waals surface area contributed by atoms with E-state index in [0.29, 0.717) is 11.8 Å². The van der Waals surface area contributed by atoms with E-state index in [4.69, 9.17) is 4.74 Å². The fourth-order valence-corrected chi connectivity index (χ4v) is 5.57. The minimum atomic E-state index is -0.206. The molecular formula is C23H32FN3O2. The molecule has 0 radical (unpaired) electrons. The number of ether oxygens (including phenoxy) is 1. The number of nitrogens with zero attached hydrogens (tertiary/aromatic N) is 3. The lowest BCUT2D eigenvalue weighted by Gasteiger charge is -2.60. The summed E-state index contributed by atoms with van der Waals surface area (Å²) in [5, 5.41) is 0. The van der Waals surface area contributed by atoms with Crippen molar-refractivity contribution in [2.45, 2.75) is 43.2 Å². The Kier molecular flexibility index (Phi) is 4.63. The molecule has 29 heavy (non-hydrogen) atoms. The molecule has 6 heteroatoms. The first-order chi connectivity index (χ1) is 13.9. The summed E-state index contributed by atoms with van der Waals surface area (Å²) in [4.78, 5) is 19.8. The minimum absolute atomic E-state index is 0.119. The zero-order chi connectivity index (χ0) is 20.2. The average molecular weight is 402 g/mol. The summed E-state index contributed by atoms with van der Waals surface area (Å²) in [7, 11) is 4.16. The predicted molar refractivity (Wildman–Crippen MR) is 109 cm³/mol. The summed E-state index contributed by atoms with van der Waals surface area (Å²) < 4.78 is 19.3. The summed E-state index contributed by atoms with van der Waals surface area (Å²) in [6, 6.07) is 7.22. The topological polar surface area (TPSA) is 36.0 Å². The number of carbonyl (C=O) groups excluding carboxylic acids is 1. The van der Waals surface area contributed by atoms with Gasteiger partial charge >= 0.3 is 6.03 Å². The van der Waals surface area contributed by atoms with Crippen molar-refractivity contribution in [1.82, 2.24) is 14.7 Å². The van der Waals surface area contributed by atoms with E-state index in [1.54, 1.807) is 12.1 Å². The molecule has 0 N–H and O–H groups in total. The van der Waals surface area contributed by atoms with Crippen LogP contribution in [-0.2, 0) is 10.3 Å². The second-order valence-corrected chi connectivity index (χ2v) is 9.96. The first kappa shape index (κ1) is 19.3. The molecule has 0 bridgehead atoms. The summed E-state index contributed by atoms with van der Waals surface area (Å²) >= 11 is 0. The number of urea groups is 1. The van der Waals surface area contributed by atoms with Crippen LogP contribution in [0.2, 0.25) is 0 Å². The van der Waals surface area contributed by atoms with Crippen LogP contribution in [0.1, 0.15) is 37.7 Å². The van der Waals surface area contributed by atoms with Gasteiger partial charge in [-0.15, -0.1) is 0 Å². The molecule has 5 rings (SSSR count). The Balaban J connectivity index is 1.37. The van der Waals surface area contributed by atoms with Crippen LogP contribution in [0, 0.1) is 17.7 Å². The number of rotatable bonds is 7. The summed E-state index contributed by atoms with van der Waals surface area (Å²) in [5.74, 6) is 1.08. The minimum Gasteiger partial charge on any atom is -0.381 e. The van der Waals surface area contributed by atoms with E-state index >= 15 is 0 Å².